The van der Waals surface area contributed by atoms with Gasteiger partial charge in [0.15, 0.2) is 0 Å². The second-order valence-corrected chi connectivity index (χ2v) is 5.77. The Labute approximate surface area is 111 Å². The molecule has 1 aliphatic rings. The van der Waals surface area contributed by atoms with Gasteiger partial charge in [-0.3, -0.25) is 4.79 Å². The second kappa shape index (κ2) is 7.10. The minimum Gasteiger partial charge on any atom is -0.378 e. The number of methoxy groups -OCH3 is 1. The summed E-state index contributed by atoms with van der Waals surface area (Å²) in [5.74, 6) is 0.952. The van der Waals surface area contributed by atoms with E-state index in [0.717, 1.165) is 44.9 Å². The molecule has 1 fully saturated rings. The van der Waals surface area contributed by atoms with Gasteiger partial charge in [-0.2, -0.15) is 0 Å². The van der Waals surface area contributed by atoms with Crippen molar-refractivity contribution >= 4 is 5.91 Å². The van der Waals surface area contributed by atoms with Gasteiger partial charge in [-0.05, 0) is 45.7 Å². The van der Waals surface area contributed by atoms with Crippen molar-refractivity contribution in [2.75, 3.05) is 33.3 Å². The van der Waals surface area contributed by atoms with E-state index < -0.39 is 0 Å². The molecular formula is C14H28N2O2. The van der Waals surface area contributed by atoms with E-state index in [2.05, 4.69) is 12.2 Å². The zero-order chi connectivity index (χ0) is 13.6. The standard InChI is InChI=1S/C14H28N2O2/c1-5-15-11-12-6-8-16(9-7-12)13(17)10-14(2,3)18-4/h12,15H,5-11H2,1-4H3. The summed E-state index contributed by atoms with van der Waals surface area (Å²) in [6, 6.07) is 0. The number of hydrogen-bond donors (Lipinski definition) is 1. The van der Waals surface area contributed by atoms with E-state index in [1.165, 1.54) is 0 Å². The number of ether oxygens (including phenoxy) is 1. The molecule has 0 saturated carbocycles. The van der Waals surface area contributed by atoms with E-state index in [4.69, 9.17) is 4.74 Å². The summed E-state index contributed by atoms with van der Waals surface area (Å²) in [6.45, 7) is 9.96. The molecule has 4 nitrogen and oxygen atoms in total. The molecule has 0 aromatic carbocycles. The van der Waals surface area contributed by atoms with Gasteiger partial charge in [0.25, 0.3) is 0 Å². The molecular weight excluding hydrogens is 228 g/mol. The lowest BCUT2D eigenvalue weighted by atomic mass is 9.95. The summed E-state index contributed by atoms with van der Waals surface area (Å²) < 4.78 is 5.32. The molecule has 1 saturated heterocycles. The maximum atomic E-state index is 12.1. The first-order chi connectivity index (χ1) is 8.48. The van der Waals surface area contributed by atoms with Crippen LogP contribution >= 0.6 is 0 Å². The minimum absolute atomic E-state index is 0.226. The molecule has 1 N–H and O–H groups in total. The lowest BCUT2D eigenvalue weighted by molar-refractivity contribution is -0.137. The number of likely N-dealkylation sites (tertiary alicyclic amines) is 1. The fourth-order valence-corrected chi connectivity index (χ4v) is 2.28. The average molecular weight is 256 g/mol. The van der Waals surface area contributed by atoms with Crippen LogP contribution in [-0.4, -0.2) is 49.7 Å². The van der Waals surface area contributed by atoms with Gasteiger partial charge >= 0.3 is 0 Å². The molecule has 1 amide bonds. The van der Waals surface area contributed by atoms with Gasteiger partial charge in [0.2, 0.25) is 5.91 Å². The minimum atomic E-state index is -0.350. The summed E-state index contributed by atoms with van der Waals surface area (Å²) in [6.07, 6.45) is 2.71. The molecule has 0 aromatic heterocycles. The van der Waals surface area contributed by atoms with Crippen molar-refractivity contribution < 1.29 is 9.53 Å². The highest BCUT2D eigenvalue weighted by molar-refractivity contribution is 5.77. The van der Waals surface area contributed by atoms with Crippen LogP contribution in [0.3, 0.4) is 0 Å². The van der Waals surface area contributed by atoms with E-state index in [1.807, 2.05) is 18.7 Å². The highest BCUT2D eigenvalue weighted by Gasteiger charge is 2.27. The Hall–Kier alpha value is -0.610. The Morgan fingerprint density at radius 2 is 2.00 bits per heavy atom. The maximum absolute atomic E-state index is 12.1. The van der Waals surface area contributed by atoms with Crippen LogP contribution in [0.2, 0.25) is 0 Å². The Morgan fingerprint density at radius 3 is 2.50 bits per heavy atom. The van der Waals surface area contributed by atoms with Gasteiger partial charge in [0.1, 0.15) is 0 Å². The molecule has 0 aliphatic carbocycles. The number of carbonyl (C=O) groups is 1. The van der Waals surface area contributed by atoms with Gasteiger partial charge in [-0.1, -0.05) is 6.92 Å². The highest BCUT2D eigenvalue weighted by atomic mass is 16.5. The Kier molecular flexibility index (Phi) is 6.09. The van der Waals surface area contributed by atoms with Gasteiger partial charge in [-0.25, -0.2) is 0 Å². The van der Waals surface area contributed by atoms with E-state index in [0.29, 0.717) is 6.42 Å². The molecule has 0 unspecified atom stereocenters. The van der Waals surface area contributed by atoms with Crippen molar-refractivity contribution in [3.05, 3.63) is 0 Å². The number of piperidine rings is 1. The zero-order valence-corrected chi connectivity index (χ0v) is 12.3. The van der Waals surface area contributed by atoms with Crippen LogP contribution in [0.5, 0.6) is 0 Å². The van der Waals surface area contributed by atoms with Gasteiger partial charge < -0.3 is 15.0 Å². The molecule has 0 atom stereocenters. The van der Waals surface area contributed by atoms with Gasteiger partial charge in [-0.15, -0.1) is 0 Å². The summed E-state index contributed by atoms with van der Waals surface area (Å²) in [4.78, 5) is 14.1. The number of nitrogens with one attached hydrogen (secondary N) is 1. The third kappa shape index (κ3) is 4.94. The van der Waals surface area contributed by atoms with Gasteiger partial charge in [0, 0.05) is 20.2 Å². The van der Waals surface area contributed by atoms with E-state index >= 15 is 0 Å². The average Bonchev–Trinajstić information content (AvgIpc) is 2.36. The van der Waals surface area contributed by atoms with Crippen LogP contribution in [0.25, 0.3) is 0 Å². The van der Waals surface area contributed by atoms with Crippen LogP contribution in [0.15, 0.2) is 0 Å². The molecule has 1 rings (SSSR count). The Balaban J connectivity index is 2.32. The summed E-state index contributed by atoms with van der Waals surface area (Å²) in [5.41, 5.74) is -0.350. The summed E-state index contributed by atoms with van der Waals surface area (Å²) in [7, 11) is 1.66. The lowest BCUT2D eigenvalue weighted by Crippen LogP contribution is -2.43. The quantitative estimate of drug-likeness (QED) is 0.785. The normalized spacial score (nSPS) is 18.1. The molecule has 1 aliphatic heterocycles. The van der Waals surface area contributed by atoms with Crippen molar-refractivity contribution in [2.24, 2.45) is 5.92 Å². The lowest BCUT2D eigenvalue weighted by Gasteiger charge is -2.34. The van der Waals surface area contributed by atoms with Crippen LogP contribution in [0.1, 0.15) is 40.0 Å². The second-order valence-electron chi connectivity index (χ2n) is 5.77. The predicted molar refractivity (Wildman–Crippen MR) is 73.6 cm³/mol. The first kappa shape index (κ1) is 15.4. The van der Waals surface area contributed by atoms with E-state index in [1.54, 1.807) is 7.11 Å². The van der Waals surface area contributed by atoms with Crippen molar-refractivity contribution in [1.82, 2.24) is 10.2 Å². The predicted octanol–water partition coefficient (Wildman–Crippen LogP) is 1.65. The van der Waals surface area contributed by atoms with Crippen LogP contribution < -0.4 is 5.32 Å². The van der Waals surface area contributed by atoms with Crippen molar-refractivity contribution in [3.63, 3.8) is 0 Å². The van der Waals surface area contributed by atoms with E-state index in [-0.39, 0.29) is 11.5 Å². The number of hydrogen-bond acceptors (Lipinski definition) is 3. The largest absolute Gasteiger partial charge is 0.378 e. The van der Waals surface area contributed by atoms with Crippen LogP contribution in [0, 0.1) is 5.92 Å². The molecule has 0 bridgehead atoms. The number of rotatable bonds is 6. The Bertz CT molecular complexity index is 259. The molecule has 4 heteroatoms. The van der Waals surface area contributed by atoms with Crippen molar-refractivity contribution in [2.45, 2.75) is 45.6 Å². The molecule has 1 heterocycles. The molecule has 106 valence electrons. The SMILES string of the molecule is CCNCC1CCN(C(=O)CC(C)(C)OC)CC1. The third-order valence-electron chi connectivity index (χ3n) is 3.78. The first-order valence-electron chi connectivity index (χ1n) is 7.02. The first-order valence-corrected chi connectivity index (χ1v) is 7.02. The van der Waals surface area contributed by atoms with Crippen molar-refractivity contribution in [3.8, 4) is 0 Å². The highest BCUT2D eigenvalue weighted by Crippen LogP contribution is 2.20. The number of carbonyl (C=O) groups excluding carboxylic acids is 1. The Morgan fingerprint density at radius 1 is 1.39 bits per heavy atom. The molecule has 0 aromatic rings. The van der Waals surface area contributed by atoms with E-state index in [9.17, 15) is 4.79 Å². The smallest absolute Gasteiger partial charge is 0.225 e. The fraction of sp³-hybridized carbons (Fsp3) is 0.929. The molecule has 18 heavy (non-hydrogen) atoms. The fourth-order valence-electron chi connectivity index (χ4n) is 2.28. The number of amides is 1. The van der Waals surface area contributed by atoms with Gasteiger partial charge in [0.05, 0.1) is 12.0 Å². The number of nitrogens with zero attached hydrogens (tertiary/aromatic N) is 1. The summed E-state index contributed by atoms with van der Waals surface area (Å²) in [5, 5.41) is 3.39. The third-order valence-corrected chi connectivity index (χ3v) is 3.78. The van der Waals surface area contributed by atoms with Crippen LogP contribution in [0.4, 0.5) is 0 Å². The topological polar surface area (TPSA) is 41.6 Å². The van der Waals surface area contributed by atoms with Crippen LogP contribution in [-0.2, 0) is 9.53 Å². The summed E-state index contributed by atoms with van der Waals surface area (Å²) >= 11 is 0. The zero-order valence-electron chi connectivity index (χ0n) is 12.3. The molecule has 0 spiro atoms. The monoisotopic (exact) mass is 256 g/mol. The maximum Gasteiger partial charge on any atom is 0.225 e. The van der Waals surface area contributed by atoms with Crippen molar-refractivity contribution in [1.29, 1.82) is 0 Å². The molecule has 0 radical (unpaired) electrons.